The zero-order valence-corrected chi connectivity index (χ0v) is 21.4. The predicted octanol–water partition coefficient (Wildman–Crippen LogP) is 8.89. The molecule has 0 aliphatic heterocycles. The van der Waals surface area contributed by atoms with Crippen molar-refractivity contribution in [2.24, 2.45) is 62.1 Å². The van der Waals surface area contributed by atoms with Gasteiger partial charge in [0.25, 0.3) is 0 Å². The van der Waals surface area contributed by atoms with E-state index in [0.717, 1.165) is 40.4 Å². The molecule has 0 aromatic rings. The molecule has 0 radical (unpaired) electrons. The van der Waals surface area contributed by atoms with Crippen molar-refractivity contribution < 1.29 is 0 Å². The summed E-state index contributed by atoms with van der Waals surface area (Å²) in [5.41, 5.74) is 3.95. The smallest absolute Gasteiger partial charge is 0.0198 e. The van der Waals surface area contributed by atoms with Crippen molar-refractivity contribution in [1.29, 1.82) is 0 Å². The molecule has 6 saturated carbocycles. The van der Waals surface area contributed by atoms with Gasteiger partial charge in [-0.25, -0.2) is 0 Å². The third kappa shape index (κ3) is 2.04. The second kappa shape index (κ2) is 5.73. The standard InChI is InChI=1S/C30H50/c1-20(2)21-9-10-23-26(21,5)15-16-28(7)24-12-11-22-25(3,4)13-8-14-29(22)19-30(24,29)18-17-27(23,28)6/h20-24H,8-19H2,1-7H3/t21-,22+,23-,24-,26-,27+,28-,29-,30+/m1/s1. The first-order valence-corrected chi connectivity index (χ1v) is 14.0. The molecule has 6 fully saturated rings. The van der Waals surface area contributed by atoms with Gasteiger partial charge in [-0.2, -0.15) is 0 Å². The average molecular weight is 411 g/mol. The zero-order chi connectivity index (χ0) is 21.4. The van der Waals surface area contributed by atoms with Crippen LogP contribution in [0.4, 0.5) is 0 Å². The fraction of sp³-hybridized carbons (Fsp3) is 1.00. The van der Waals surface area contributed by atoms with Crippen molar-refractivity contribution in [3.63, 3.8) is 0 Å². The van der Waals surface area contributed by atoms with Gasteiger partial charge in [0.05, 0.1) is 0 Å². The van der Waals surface area contributed by atoms with E-state index in [9.17, 15) is 0 Å². The molecule has 0 saturated heterocycles. The Balaban J connectivity index is 1.38. The van der Waals surface area contributed by atoms with Gasteiger partial charge in [0, 0.05) is 0 Å². The van der Waals surface area contributed by atoms with Crippen LogP contribution < -0.4 is 0 Å². The highest BCUT2D eigenvalue weighted by Gasteiger charge is 2.81. The first kappa shape index (κ1) is 20.6. The first-order chi connectivity index (χ1) is 14.0. The molecule has 0 nitrogen and oxygen atoms in total. The van der Waals surface area contributed by atoms with Crippen molar-refractivity contribution in [2.45, 2.75) is 126 Å². The Morgan fingerprint density at radius 1 is 0.600 bits per heavy atom. The molecule has 0 heterocycles. The topological polar surface area (TPSA) is 0 Å². The van der Waals surface area contributed by atoms with Gasteiger partial charge in [0.2, 0.25) is 0 Å². The van der Waals surface area contributed by atoms with Gasteiger partial charge in [0.1, 0.15) is 0 Å². The average Bonchev–Trinajstić information content (AvgIpc) is 3.18. The van der Waals surface area contributed by atoms with Crippen LogP contribution in [0.1, 0.15) is 126 Å². The maximum absolute atomic E-state index is 2.83. The number of rotatable bonds is 1. The summed E-state index contributed by atoms with van der Waals surface area (Å²) in [6.07, 6.45) is 18.6. The third-order valence-electron chi connectivity index (χ3n) is 14.3. The van der Waals surface area contributed by atoms with Crippen LogP contribution in [0.15, 0.2) is 0 Å². The van der Waals surface area contributed by atoms with E-state index in [2.05, 4.69) is 48.5 Å². The zero-order valence-electron chi connectivity index (χ0n) is 21.4. The Morgan fingerprint density at radius 2 is 1.20 bits per heavy atom. The van der Waals surface area contributed by atoms with Crippen LogP contribution in [0.3, 0.4) is 0 Å². The van der Waals surface area contributed by atoms with Gasteiger partial charge in [-0.15, -0.1) is 0 Å². The monoisotopic (exact) mass is 410 g/mol. The fourth-order valence-electron chi connectivity index (χ4n) is 13.0. The highest BCUT2D eigenvalue weighted by molar-refractivity contribution is 5.30. The van der Waals surface area contributed by atoms with Gasteiger partial charge >= 0.3 is 0 Å². The molecular weight excluding hydrogens is 360 g/mol. The molecule has 0 aromatic heterocycles. The van der Waals surface area contributed by atoms with Crippen molar-refractivity contribution >= 4 is 0 Å². The van der Waals surface area contributed by atoms with Crippen molar-refractivity contribution in [3.05, 3.63) is 0 Å². The Kier molecular flexibility index (Phi) is 3.93. The Hall–Kier alpha value is 0. The molecule has 0 heteroatoms. The van der Waals surface area contributed by atoms with E-state index in [0.29, 0.717) is 21.7 Å². The van der Waals surface area contributed by atoms with E-state index >= 15 is 0 Å². The van der Waals surface area contributed by atoms with Crippen LogP contribution in [-0.4, -0.2) is 0 Å². The molecule has 170 valence electrons. The normalized spacial score (nSPS) is 60.8. The van der Waals surface area contributed by atoms with Crippen LogP contribution in [0.2, 0.25) is 0 Å². The van der Waals surface area contributed by atoms with Gasteiger partial charge < -0.3 is 0 Å². The number of hydrogen-bond donors (Lipinski definition) is 0. The van der Waals surface area contributed by atoms with E-state index in [4.69, 9.17) is 0 Å². The summed E-state index contributed by atoms with van der Waals surface area (Å²) in [7, 11) is 0. The molecule has 30 heavy (non-hydrogen) atoms. The van der Waals surface area contributed by atoms with Crippen LogP contribution in [0.5, 0.6) is 0 Å². The maximum atomic E-state index is 2.83. The molecule has 6 aliphatic carbocycles. The molecule has 2 spiro atoms. The second-order valence-electron chi connectivity index (χ2n) is 15.3. The fourth-order valence-corrected chi connectivity index (χ4v) is 13.0. The minimum atomic E-state index is 0.598. The summed E-state index contributed by atoms with van der Waals surface area (Å²) < 4.78 is 0. The van der Waals surface area contributed by atoms with Crippen LogP contribution in [0.25, 0.3) is 0 Å². The highest BCUT2D eigenvalue weighted by atomic mass is 14.9. The summed E-state index contributed by atoms with van der Waals surface area (Å²) in [4.78, 5) is 0. The third-order valence-corrected chi connectivity index (χ3v) is 14.3. The lowest BCUT2D eigenvalue weighted by molar-refractivity contribution is -0.209. The van der Waals surface area contributed by atoms with Crippen molar-refractivity contribution in [1.82, 2.24) is 0 Å². The lowest BCUT2D eigenvalue weighted by atomic mass is 9.35. The lowest BCUT2D eigenvalue weighted by Gasteiger charge is -2.69. The predicted molar refractivity (Wildman–Crippen MR) is 127 cm³/mol. The molecular formula is C30H50. The minimum Gasteiger partial charge on any atom is -0.0625 e. The summed E-state index contributed by atoms with van der Waals surface area (Å²) in [5, 5.41) is 0. The Morgan fingerprint density at radius 3 is 1.93 bits per heavy atom. The van der Waals surface area contributed by atoms with Crippen LogP contribution in [0, 0.1) is 62.1 Å². The summed E-state index contributed by atoms with van der Waals surface area (Å²) in [5.74, 6) is 4.91. The van der Waals surface area contributed by atoms with Gasteiger partial charge in [0.15, 0.2) is 0 Å². The maximum Gasteiger partial charge on any atom is -0.0198 e. The first-order valence-electron chi connectivity index (χ1n) is 14.0. The SMILES string of the molecule is CC(C)[C@H]1CC[C@@H]2[C@]1(C)CC[C@]1(C)[C@H]3CC[C@H]4C(C)(C)CCC[C@@]45C[C@@]35CC[C@@]21C. The molecule has 6 rings (SSSR count). The molecule has 0 N–H and O–H groups in total. The van der Waals surface area contributed by atoms with Crippen molar-refractivity contribution in [3.8, 4) is 0 Å². The minimum absolute atomic E-state index is 0.598. The molecule has 0 unspecified atom stereocenters. The molecule has 0 amide bonds. The van der Waals surface area contributed by atoms with E-state index in [-0.39, 0.29) is 0 Å². The molecule has 0 bridgehead atoms. The highest BCUT2D eigenvalue weighted by Crippen LogP contribution is 2.89. The summed E-state index contributed by atoms with van der Waals surface area (Å²) in [6.45, 7) is 18.7. The van der Waals surface area contributed by atoms with E-state index < -0.39 is 0 Å². The number of hydrogen-bond acceptors (Lipinski definition) is 0. The second-order valence-corrected chi connectivity index (χ2v) is 15.3. The summed E-state index contributed by atoms with van der Waals surface area (Å²) in [6, 6.07) is 0. The molecule has 9 atom stereocenters. The van der Waals surface area contributed by atoms with E-state index in [1.807, 2.05) is 0 Å². The Labute approximate surface area is 187 Å². The number of fused-ring (bicyclic) bond motifs is 4. The summed E-state index contributed by atoms with van der Waals surface area (Å²) >= 11 is 0. The van der Waals surface area contributed by atoms with E-state index in [1.165, 1.54) is 38.5 Å². The van der Waals surface area contributed by atoms with E-state index in [1.54, 1.807) is 38.5 Å². The molecule has 6 aliphatic rings. The lowest BCUT2D eigenvalue weighted by Crippen LogP contribution is -2.62. The van der Waals surface area contributed by atoms with Gasteiger partial charge in [-0.1, -0.05) is 54.9 Å². The largest absolute Gasteiger partial charge is 0.0625 e. The Bertz CT molecular complexity index is 747. The van der Waals surface area contributed by atoms with Gasteiger partial charge in [-0.3, -0.25) is 0 Å². The van der Waals surface area contributed by atoms with Crippen LogP contribution in [-0.2, 0) is 0 Å². The van der Waals surface area contributed by atoms with Crippen molar-refractivity contribution in [2.75, 3.05) is 0 Å². The van der Waals surface area contributed by atoms with Gasteiger partial charge in [-0.05, 0) is 133 Å². The molecule has 0 aromatic carbocycles. The van der Waals surface area contributed by atoms with Crippen LogP contribution >= 0.6 is 0 Å². The quantitative estimate of drug-likeness (QED) is 0.405.